The number of aldehydes is 1. The van der Waals surface area contributed by atoms with E-state index in [1.807, 2.05) is 24.3 Å². The lowest BCUT2D eigenvalue weighted by Gasteiger charge is -2.11. The van der Waals surface area contributed by atoms with E-state index in [0.717, 1.165) is 30.3 Å². The highest BCUT2D eigenvalue weighted by Gasteiger charge is 2.07. The average molecular weight is 306 g/mol. The fraction of sp³-hybridized carbons (Fsp3) is 0.632. The van der Waals surface area contributed by atoms with Crippen molar-refractivity contribution < 1.29 is 14.6 Å². The third-order valence-electron chi connectivity index (χ3n) is 3.90. The molecule has 1 N–H and O–H groups in total. The molecule has 0 radical (unpaired) electrons. The second-order valence-electron chi connectivity index (χ2n) is 5.85. The first-order valence-corrected chi connectivity index (χ1v) is 8.56. The van der Waals surface area contributed by atoms with Crippen molar-refractivity contribution in [2.75, 3.05) is 6.61 Å². The lowest BCUT2D eigenvalue weighted by molar-refractivity contribution is -0.112. The van der Waals surface area contributed by atoms with Crippen LogP contribution in [0.25, 0.3) is 0 Å². The van der Waals surface area contributed by atoms with E-state index < -0.39 is 0 Å². The zero-order valence-electron chi connectivity index (χ0n) is 13.8. The van der Waals surface area contributed by atoms with Gasteiger partial charge in [-0.05, 0) is 17.5 Å². The van der Waals surface area contributed by atoms with Crippen LogP contribution in [0.15, 0.2) is 24.3 Å². The lowest BCUT2D eigenvalue weighted by Crippen LogP contribution is -1.99. The van der Waals surface area contributed by atoms with Crippen molar-refractivity contribution >= 4 is 6.29 Å². The van der Waals surface area contributed by atoms with Crippen LogP contribution in [-0.2, 0) is 16.1 Å². The summed E-state index contributed by atoms with van der Waals surface area (Å²) in [5, 5.41) is 10.2. The third kappa shape index (κ3) is 8.30. The molecule has 3 heteroatoms. The van der Waals surface area contributed by atoms with Crippen LogP contribution in [0.1, 0.15) is 75.5 Å². The van der Waals surface area contributed by atoms with Gasteiger partial charge in [-0.1, -0.05) is 76.1 Å². The van der Waals surface area contributed by atoms with E-state index in [9.17, 15) is 9.90 Å². The second kappa shape index (κ2) is 12.4. The first-order valence-electron chi connectivity index (χ1n) is 8.56. The van der Waals surface area contributed by atoms with Gasteiger partial charge in [-0.3, -0.25) is 0 Å². The number of hydrogen-bond donors (Lipinski definition) is 1. The molecule has 0 bridgehead atoms. The summed E-state index contributed by atoms with van der Waals surface area (Å²) in [6.07, 6.45) is 10.1. The molecule has 0 fully saturated rings. The van der Waals surface area contributed by atoms with E-state index in [1.54, 1.807) is 0 Å². The Bertz CT molecular complexity index is 386. The normalized spacial score (nSPS) is 12.3. The number of unbranched alkanes of at least 4 members (excludes halogenated alkanes) is 6. The lowest BCUT2D eigenvalue weighted by atomic mass is 10.0. The van der Waals surface area contributed by atoms with Gasteiger partial charge in [0.05, 0.1) is 12.7 Å². The summed E-state index contributed by atoms with van der Waals surface area (Å²) in [7, 11) is 0. The number of rotatable bonds is 13. The summed E-state index contributed by atoms with van der Waals surface area (Å²) in [5.41, 5.74) is 1.99. The molecular weight excluding hydrogens is 276 g/mol. The van der Waals surface area contributed by atoms with Gasteiger partial charge < -0.3 is 14.6 Å². The van der Waals surface area contributed by atoms with Gasteiger partial charge in [0.25, 0.3) is 0 Å². The number of benzene rings is 1. The fourth-order valence-electron chi connectivity index (χ4n) is 2.52. The first kappa shape index (κ1) is 18.9. The molecule has 0 aliphatic carbocycles. The van der Waals surface area contributed by atoms with Gasteiger partial charge in [0.2, 0.25) is 0 Å². The van der Waals surface area contributed by atoms with Crippen molar-refractivity contribution in [3.8, 4) is 0 Å². The molecule has 0 saturated heterocycles. The van der Waals surface area contributed by atoms with Crippen LogP contribution in [0.2, 0.25) is 0 Å². The molecule has 22 heavy (non-hydrogen) atoms. The van der Waals surface area contributed by atoms with Gasteiger partial charge in [0, 0.05) is 0 Å². The summed E-state index contributed by atoms with van der Waals surface area (Å²) >= 11 is 0. The van der Waals surface area contributed by atoms with Crippen LogP contribution in [0.4, 0.5) is 0 Å². The summed E-state index contributed by atoms with van der Waals surface area (Å²) in [4.78, 5) is 10.2. The van der Waals surface area contributed by atoms with Gasteiger partial charge in [-0.15, -0.1) is 0 Å². The van der Waals surface area contributed by atoms with E-state index in [0.29, 0.717) is 6.61 Å². The molecule has 0 aliphatic rings. The molecule has 0 saturated carbocycles. The van der Waals surface area contributed by atoms with E-state index in [1.165, 1.54) is 38.5 Å². The van der Waals surface area contributed by atoms with Crippen molar-refractivity contribution in [2.24, 2.45) is 0 Å². The largest absolute Gasteiger partial charge is 0.388 e. The summed E-state index contributed by atoms with van der Waals surface area (Å²) < 4.78 is 5.16. The van der Waals surface area contributed by atoms with Crippen LogP contribution >= 0.6 is 0 Å². The van der Waals surface area contributed by atoms with Crippen molar-refractivity contribution in [2.45, 2.75) is 71.0 Å². The Balaban J connectivity index is 2.19. The maximum absolute atomic E-state index is 10.2. The Morgan fingerprint density at radius 2 is 1.68 bits per heavy atom. The zero-order valence-corrected chi connectivity index (χ0v) is 13.8. The molecule has 124 valence electrons. The second-order valence-corrected chi connectivity index (χ2v) is 5.85. The van der Waals surface area contributed by atoms with Crippen molar-refractivity contribution in [1.29, 1.82) is 0 Å². The number of hydrogen-bond acceptors (Lipinski definition) is 3. The van der Waals surface area contributed by atoms with Crippen molar-refractivity contribution in [3.05, 3.63) is 35.4 Å². The molecule has 1 atom stereocenters. The SMILES string of the molecule is CCCCCCCCCC(O)c1ccc(COCC=O)cc1. The predicted molar refractivity (Wildman–Crippen MR) is 89.7 cm³/mol. The summed E-state index contributed by atoms with van der Waals surface area (Å²) in [6.45, 7) is 2.80. The predicted octanol–water partition coefficient (Wildman–Crippen LogP) is 4.58. The van der Waals surface area contributed by atoms with Crippen LogP contribution in [-0.4, -0.2) is 18.0 Å². The van der Waals surface area contributed by atoms with Crippen LogP contribution in [0.3, 0.4) is 0 Å². The Labute approximate surface area is 134 Å². The average Bonchev–Trinajstić information content (AvgIpc) is 2.55. The minimum Gasteiger partial charge on any atom is -0.388 e. The summed E-state index contributed by atoms with van der Waals surface area (Å²) in [5.74, 6) is 0. The smallest absolute Gasteiger partial charge is 0.145 e. The van der Waals surface area contributed by atoms with Gasteiger partial charge in [0.1, 0.15) is 12.9 Å². The number of carbonyl (C=O) groups excluding carboxylic acids is 1. The highest BCUT2D eigenvalue weighted by molar-refractivity contribution is 5.50. The van der Waals surface area contributed by atoms with Gasteiger partial charge in [0.15, 0.2) is 0 Å². The van der Waals surface area contributed by atoms with Gasteiger partial charge >= 0.3 is 0 Å². The highest BCUT2D eigenvalue weighted by Crippen LogP contribution is 2.21. The van der Waals surface area contributed by atoms with Crippen molar-refractivity contribution in [3.63, 3.8) is 0 Å². The number of aliphatic hydroxyl groups is 1. The van der Waals surface area contributed by atoms with Gasteiger partial charge in [-0.2, -0.15) is 0 Å². The topological polar surface area (TPSA) is 46.5 Å². The minimum absolute atomic E-state index is 0.128. The molecule has 1 rings (SSSR count). The molecule has 0 amide bonds. The maximum atomic E-state index is 10.2. The van der Waals surface area contributed by atoms with E-state index in [4.69, 9.17) is 4.74 Å². The molecule has 1 unspecified atom stereocenters. The Kier molecular flexibility index (Phi) is 10.6. The van der Waals surface area contributed by atoms with E-state index >= 15 is 0 Å². The van der Waals surface area contributed by atoms with E-state index in [2.05, 4.69) is 6.92 Å². The molecular formula is C19H30O3. The van der Waals surface area contributed by atoms with Gasteiger partial charge in [-0.25, -0.2) is 0 Å². The standard InChI is InChI=1S/C19H30O3/c1-2-3-4-5-6-7-8-9-19(21)18-12-10-17(11-13-18)16-22-15-14-20/h10-14,19,21H,2-9,15-16H2,1H3. The third-order valence-corrected chi connectivity index (χ3v) is 3.90. The van der Waals surface area contributed by atoms with Crippen LogP contribution in [0.5, 0.6) is 0 Å². The first-order chi connectivity index (χ1) is 10.8. The van der Waals surface area contributed by atoms with Crippen molar-refractivity contribution in [1.82, 2.24) is 0 Å². The molecule has 0 aromatic heterocycles. The maximum Gasteiger partial charge on any atom is 0.145 e. The molecule has 3 nitrogen and oxygen atoms in total. The molecule has 1 aromatic rings. The van der Waals surface area contributed by atoms with Crippen LogP contribution in [0, 0.1) is 0 Å². The highest BCUT2D eigenvalue weighted by atomic mass is 16.5. The number of carbonyl (C=O) groups is 1. The zero-order chi connectivity index (χ0) is 16.0. The summed E-state index contributed by atoms with van der Waals surface area (Å²) in [6, 6.07) is 7.80. The fourth-order valence-corrected chi connectivity index (χ4v) is 2.52. The number of ether oxygens (including phenoxy) is 1. The van der Waals surface area contributed by atoms with Crippen LogP contribution < -0.4 is 0 Å². The number of aliphatic hydroxyl groups excluding tert-OH is 1. The Morgan fingerprint density at radius 3 is 2.32 bits per heavy atom. The molecule has 0 spiro atoms. The Morgan fingerprint density at radius 1 is 1.05 bits per heavy atom. The molecule has 1 aromatic carbocycles. The minimum atomic E-state index is -0.374. The molecule has 0 aliphatic heterocycles. The monoisotopic (exact) mass is 306 g/mol. The molecule has 0 heterocycles. The Hall–Kier alpha value is -1.19. The van der Waals surface area contributed by atoms with E-state index in [-0.39, 0.29) is 12.7 Å². The quantitative estimate of drug-likeness (QED) is 0.429.